The van der Waals surface area contributed by atoms with Gasteiger partial charge in [0.25, 0.3) is 0 Å². The van der Waals surface area contributed by atoms with Gasteiger partial charge in [0.2, 0.25) is 5.13 Å². The molecule has 0 amide bonds. The number of piperidine rings is 1. The summed E-state index contributed by atoms with van der Waals surface area (Å²) in [4.78, 5) is 2.41. The summed E-state index contributed by atoms with van der Waals surface area (Å²) in [6, 6.07) is 10.3. The smallest absolute Gasteiger partial charge is 0.208 e. The van der Waals surface area contributed by atoms with Crippen molar-refractivity contribution in [2.75, 3.05) is 31.2 Å². The molecule has 4 rings (SSSR count). The minimum absolute atomic E-state index is 0.358. The molecule has 1 atom stereocenters. The van der Waals surface area contributed by atoms with E-state index in [1.165, 1.54) is 19.3 Å². The molecule has 2 aliphatic heterocycles. The Hall–Kier alpha value is -1.46. The van der Waals surface area contributed by atoms with Gasteiger partial charge in [0.15, 0.2) is 0 Å². The Labute approximate surface area is 128 Å². The van der Waals surface area contributed by atoms with Gasteiger partial charge in [-0.2, -0.15) is 0 Å². The molecule has 2 aliphatic rings. The van der Waals surface area contributed by atoms with Crippen molar-refractivity contribution in [3.05, 3.63) is 30.3 Å². The molecular weight excluding hydrogens is 282 g/mol. The summed E-state index contributed by atoms with van der Waals surface area (Å²) in [7, 11) is 0. The normalized spacial score (nSPS) is 25.6. The molecular formula is C16H19N3OS. The van der Waals surface area contributed by atoms with E-state index in [9.17, 15) is 0 Å². The van der Waals surface area contributed by atoms with Crippen LogP contribution in [-0.4, -0.2) is 36.5 Å². The van der Waals surface area contributed by atoms with E-state index in [1.54, 1.807) is 11.3 Å². The summed E-state index contributed by atoms with van der Waals surface area (Å²) in [5.74, 6) is 0. The van der Waals surface area contributed by atoms with Gasteiger partial charge in [-0.05, 0) is 19.3 Å². The van der Waals surface area contributed by atoms with Crippen LogP contribution in [-0.2, 0) is 4.74 Å². The first-order chi connectivity index (χ1) is 10.3. The number of rotatable bonds is 2. The Bertz CT molecular complexity index is 607. The lowest BCUT2D eigenvalue weighted by Gasteiger charge is -2.39. The maximum atomic E-state index is 5.64. The highest BCUT2D eigenvalue weighted by Crippen LogP contribution is 2.40. The highest BCUT2D eigenvalue weighted by Gasteiger charge is 2.39. The molecule has 3 heterocycles. The molecule has 1 aromatic carbocycles. The van der Waals surface area contributed by atoms with Gasteiger partial charge < -0.3 is 9.64 Å². The molecule has 5 heteroatoms. The van der Waals surface area contributed by atoms with Crippen molar-refractivity contribution < 1.29 is 4.74 Å². The van der Waals surface area contributed by atoms with Crippen molar-refractivity contribution in [3.63, 3.8) is 0 Å². The van der Waals surface area contributed by atoms with Crippen LogP contribution >= 0.6 is 11.3 Å². The minimum atomic E-state index is 0.358. The van der Waals surface area contributed by atoms with Gasteiger partial charge in [-0.1, -0.05) is 41.7 Å². The van der Waals surface area contributed by atoms with E-state index in [0.29, 0.717) is 5.41 Å². The van der Waals surface area contributed by atoms with Gasteiger partial charge in [-0.15, -0.1) is 10.2 Å². The Morgan fingerprint density at radius 2 is 2.05 bits per heavy atom. The lowest BCUT2D eigenvalue weighted by atomic mass is 9.79. The van der Waals surface area contributed by atoms with Crippen molar-refractivity contribution in [2.24, 2.45) is 5.41 Å². The Balaban J connectivity index is 1.55. The van der Waals surface area contributed by atoms with E-state index < -0.39 is 0 Å². The monoisotopic (exact) mass is 301 g/mol. The number of aromatic nitrogens is 2. The summed E-state index contributed by atoms with van der Waals surface area (Å²) in [6.45, 7) is 3.98. The van der Waals surface area contributed by atoms with Gasteiger partial charge in [-0.25, -0.2) is 0 Å². The number of nitrogens with zero attached hydrogens (tertiary/aromatic N) is 3. The fraction of sp³-hybridized carbons (Fsp3) is 0.500. The van der Waals surface area contributed by atoms with Crippen molar-refractivity contribution >= 4 is 16.5 Å². The van der Waals surface area contributed by atoms with Crippen LogP contribution in [0.15, 0.2) is 30.3 Å². The molecule has 0 N–H and O–H groups in total. The minimum Gasteiger partial charge on any atom is -0.381 e. The molecule has 21 heavy (non-hydrogen) atoms. The Kier molecular flexibility index (Phi) is 3.39. The topological polar surface area (TPSA) is 38.2 Å². The number of hydrogen-bond donors (Lipinski definition) is 0. The van der Waals surface area contributed by atoms with E-state index in [2.05, 4.69) is 27.2 Å². The predicted molar refractivity (Wildman–Crippen MR) is 84.7 cm³/mol. The third kappa shape index (κ3) is 2.56. The highest BCUT2D eigenvalue weighted by molar-refractivity contribution is 7.18. The van der Waals surface area contributed by atoms with Gasteiger partial charge in [0.05, 0.1) is 6.61 Å². The molecule has 0 radical (unpaired) electrons. The lowest BCUT2D eigenvalue weighted by Crippen LogP contribution is -2.43. The second-order valence-corrected chi connectivity index (χ2v) is 7.04. The molecule has 2 aromatic rings. The lowest BCUT2D eigenvalue weighted by molar-refractivity contribution is 0.139. The standard InChI is InChI=1S/C16H19N3OS/c1-2-5-13(6-3-1)14-17-18-15(21-14)19-9-4-7-16(11-19)8-10-20-12-16/h1-3,5-6H,4,7-12H2/t16-/m1/s1. The zero-order valence-corrected chi connectivity index (χ0v) is 12.8. The van der Waals surface area contributed by atoms with Crippen LogP contribution in [0, 0.1) is 5.41 Å². The van der Waals surface area contributed by atoms with Crippen LogP contribution in [0.25, 0.3) is 10.6 Å². The number of anilines is 1. The molecule has 2 saturated heterocycles. The zero-order valence-electron chi connectivity index (χ0n) is 12.0. The molecule has 0 aliphatic carbocycles. The zero-order chi connectivity index (χ0) is 14.1. The first kappa shape index (κ1) is 13.2. The largest absolute Gasteiger partial charge is 0.381 e. The fourth-order valence-electron chi connectivity index (χ4n) is 3.38. The first-order valence-electron chi connectivity index (χ1n) is 7.56. The number of benzene rings is 1. The van der Waals surface area contributed by atoms with Crippen LogP contribution in [0.4, 0.5) is 5.13 Å². The Morgan fingerprint density at radius 1 is 1.14 bits per heavy atom. The van der Waals surface area contributed by atoms with Crippen LogP contribution in [0.1, 0.15) is 19.3 Å². The molecule has 0 bridgehead atoms. The molecule has 0 unspecified atom stereocenters. The molecule has 0 saturated carbocycles. The third-order valence-corrected chi connectivity index (χ3v) is 5.59. The van der Waals surface area contributed by atoms with Crippen LogP contribution < -0.4 is 4.90 Å². The van der Waals surface area contributed by atoms with Crippen LogP contribution in [0.2, 0.25) is 0 Å². The van der Waals surface area contributed by atoms with Crippen molar-refractivity contribution in [3.8, 4) is 10.6 Å². The van der Waals surface area contributed by atoms with Crippen molar-refractivity contribution in [1.82, 2.24) is 10.2 Å². The summed E-state index contributed by atoms with van der Waals surface area (Å²) < 4.78 is 5.64. The van der Waals surface area contributed by atoms with Crippen LogP contribution in [0.3, 0.4) is 0 Å². The third-order valence-electron chi connectivity index (χ3n) is 4.55. The average molecular weight is 301 g/mol. The summed E-state index contributed by atoms with van der Waals surface area (Å²) in [5, 5.41) is 10.9. The second kappa shape index (κ2) is 5.39. The molecule has 1 spiro atoms. The fourth-order valence-corrected chi connectivity index (χ4v) is 4.26. The van der Waals surface area contributed by atoms with Gasteiger partial charge >= 0.3 is 0 Å². The van der Waals surface area contributed by atoms with E-state index >= 15 is 0 Å². The first-order valence-corrected chi connectivity index (χ1v) is 8.38. The summed E-state index contributed by atoms with van der Waals surface area (Å²) in [5.41, 5.74) is 1.51. The average Bonchev–Trinajstić information content (AvgIpc) is 3.18. The quantitative estimate of drug-likeness (QED) is 0.853. The molecule has 4 nitrogen and oxygen atoms in total. The second-order valence-electron chi connectivity index (χ2n) is 6.08. The van der Waals surface area contributed by atoms with Gasteiger partial charge in [-0.3, -0.25) is 0 Å². The van der Waals surface area contributed by atoms with Gasteiger partial charge in [0.1, 0.15) is 5.01 Å². The van der Waals surface area contributed by atoms with Crippen LogP contribution in [0.5, 0.6) is 0 Å². The SMILES string of the molecule is c1ccc(-c2nnc(N3CCC[C@@]4(CCOC4)C3)s2)cc1. The summed E-state index contributed by atoms with van der Waals surface area (Å²) >= 11 is 1.70. The highest BCUT2D eigenvalue weighted by atomic mass is 32.1. The van der Waals surface area contributed by atoms with E-state index in [0.717, 1.165) is 42.0 Å². The number of hydrogen-bond acceptors (Lipinski definition) is 5. The molecule has 1 aromatic heterocycles. The molecule has 110 valence electrons. The van der Waals surface area contributed by atoms with Gasteiger partial charge in [0, 0.05) is 30.7 Å². The predicted octanol–water partition coefficient (Wildman–Crippen LogP) is 3.21. The van der Waals surface area contributed by atoms with E-state index in [-0.39, 0.29) is 0 Å². The van der Waals surface area contributed by atoms with Crippen molar-refractivity contribution in [1.29, 1.82) is 0 Å². The van der Waals surface area contributed by atoms with E-state index in [1.807, 2.05) is 18.2 Å². The maximum absolute atomic E-state index is 5.64. The molecule has 2 fully saturated rings. The Morgan fingerprint density at radius 3 is 2.86 bits per heavy atom. The van der Waals surface area contributed by atoms with E-state index in [4.69, 9.17) is 4.74 Å². The summed E-state index contributed by atoms with van der Waals surface area (Å²) in [6.07, 6.45) is 3.70. The van der Waals surface area contributed by atoms with Crippen molar-refractivity contribution in [2.45, 2.75) is 19.3 Å². The number of ether oxygens (including phenoxy) is 1. The maximum Gasteiger partial charge on any atom is 0.208 e.